The van der Waals surface area contributed by atoms with Gasteiger partial charge in [0.15, 0.2) is 0 Å². The van der Waals surface area contributed by atoms with Crippen molar-refractivity contribution in [1.82, 2.24) is 9.97 Å². The molecule has 2 aliphatic heterocycles. The fourth-order valence-corrected chi connectivity index (χ4v) is 2.91. The maximum atomic E-state index is 13.3. The standard InChI is InChI=1S/C13H15F3N4O/c14-13(15,16)8-6-9(21)19-11-10(8)12(18-7-17-11)20-4-2-1-3-5-20/h7-8H,1-6H2,(H,17,18,19,21). The molecule has 0 bridgehead atoms. The Morgan fingerprint density at radius 1 is 1.19 bits per heavy atom. The van der Waals surface area contributed by atoms with Gasteiger partial charge in [-0.1, -0.05) is 0 Å². The average Bonchev–Trinajstić information content (AvgIpc) is 2.45. The van der Waals surface area contributed by atoms with Crippen LogP contribution < -0.4 is 10.2 Å². The van der Waals surface area contributed by atoms with Gasteiger partial charge in [0.25, 0.3) is 0 Å². The average molecular weight is 300 g/mol. The van der Waals surface area contributed by atoms with Gasteiger partial charge in [0.05, 0.1) is 11.5 Å². The Hall–Kier alpha value is -1.86. The molecule has 1 saturated heterocycles. The van der Waals surface area contributed by atoms with Crippen molar-refractivity contribution >= 4 is 17.5 Å². The summed E-state index contributed by atoms with van der Waals surface area (Å²) in [5, 5.41) is 2.42. The number of hydrogen-bond donors (Lipinski definition) is 1. The van der Waals surface area contributed by atoms with Crippen LogP contribution in [0.2, 0.25) is 0 Å². The number of hydrogen-bond acceptors (Lipinski definition) is 4. The molecule has 1 fully saturated rings. The van der Waals surface area contributed by atoms with Crippen LogP contribution in [0.5, 0.6) is 0 Å². The summed E-state index contributed by atoms with van der Waals surface area (Å²) in [7, 11) is 0. The van der Waals surface area contributed by atoms with Crippen molar-refractivity contribution < 1.29 is 18.0 Å². The van der Waals surface area contributed by atoms with E-state index in [0.717, 1.165) is 19.3 Å². The van der Waals surface area contributed by atoms with Crippen molar-refractivity contribution in [3.05, 3.63) is 11.9 Å². The number of carbonyl (C=O) groups is 1. The van der Waals surface area contributed by atoms with E-state index in [0.29, 0.717) is 18.9 Å². The van der Waals surface area contributed by atoms with E-state index >= 15 is 0 Å². The lowest BCUT2D eigenvalue weighted by molar-refractivity contribution is -0.156. The molecule has 0 aliphatic carbocycles. The number of nitrogens with one attached hydrogen (secondary N) is 1. The van der Waals surface area contributed by atoms with E-state index in [4.69, 9.17) is 0 Å². The third kappa shape index (κ3) is 2.66. The first-order valence-corrected chi connectivity index (χ1v) is 6.93. The molecule has 3 rings (SSSR count). The second-order valence-corrected chi connectivity index (χ2v) is 5.35. The summed E-state index contributed by atoms with van der Waals surface area (Å²) in [6.07, 6.45) is -0.943. The zero-order valence-electron chi connectivity index (χ0n) is 11.3. The molecule has 1 N–H and O–H groups in total. The van der Waals surface area contributed by atoms with Crippen molar-refractivity contribution in [2.24, 2.45) is 0 Å². The van der Waals surface area contributed by atoms with Crippen LogP contribution in [0.1, 0.15) is 37.2 Å². The molecule has 1 amide bonds. The number of aromatic nitrogens is 2. The highest BCUT2D eigenvalue weighted by Crippen LogP contribution is 2.46. The van der Waals surface area contributed by atoms with Gasteiger partial charge in [0.2, 0.25) is 5.91 Å². The van der Waals surface area contributed by atoms with Gasteiger partial charge >= 0.3 is 6.18 Å². The summed E-state index contributed by atoms with van der Waals surface area (Å²) in [4.78, 5) is 21.2. The fraction of sp³-hybridized carbons (Fsp3) is 0.615. The van der Waals surface area contributed by atoms with Crippen LogP contribution in [0.15, 0.2) is 6.33 Å². The minimum absolute atomic E-state index is 0.00602. The van der Waals surface area contributed by atoms with Crippen molar-refractivity contribution in [1.29, 1.82) is 0 Å². The summed E-state index contributed by atoms with van der Waals surface area (Å²) in [5.74, 6) is -2.20. The molecule has 1 aromatic heterocycles. The Morgan fingerprint density at radius 3 is 2.57 bits per heavy atom. The Bertz CT molecular complexity index is 555. The van der Waals surface area contributed by atoms with Crippen LogP contribution in [0, 0.1) is 0 Å². The van der Waals surface area contributed by atoms with E-state index < -0.39 is 24.4 Å². The zero-order valence-corrected chi connectivity index (χ0v) is 11.3. The van der Waals surface area contributed by atoms with Gasteiger partial charge < -0.3 is 10.2 Å². The third-order valence-corrected chi connectivity index (χ3v) is 3.91. The van der Waals surface area contributed by atoms with Gasteiger partial charge in [-0.05, 0) is 19.3 Å². The molecule has 0 aromatic carbocycles. The summed E-state index contributed by atoms with van der Waals surface area (Å²) in [6, 6.07) is 0. The molecular weight excluding hydrogens is 285 g/mol. The molecule has 1 aromatic rings. The SMILES string of the molecule is O=C1CC(C(F)(F)F)c2c(ncnc2N2CCCCC2)N1. The number of fused-ring (bicyclic) bond motifs is 1. The number of rotatable bonds is 1. The zero-order chi connectivity index (χ0) is 15.0. The lowest BCUT2D eigenvalue weighted by Crippen LogP contribution is -2.37. The van der Waals surface area contributed by atoms with Crippen LogP contribution in [0.3, 0.4) is 0 Å². The van der Waals surface area contributed by atoms with Crippen molar-refractivity contribution in [2.45, 2.75) is 37.8 Å². The Balaban J connectivity index is 2.07. The van der Waals surface area contributed by atoms with Crippen LogP contribution in [0.4, 0.5) is 24.8 Å². The Morgan fingerprint density at radius 2 is 1.90 bits per heavy atom. The quantitative estimate of drug-likeness (QED) is 0.865. The fourth-order valence-electron chi connectivity index (χ4n) is 2.91. The van der Waals surface area contributed by atoms with Crippen LogP contribution in [-0.2, 0) is 4.79 Å². The molecule has 0 spiro atoms. The van der Waals surface area contributed by atoms with E-state index in [1.807, 2.05) is 4.90 Å². The van der Waals surface area contributed by atoms with E-state index in [1.54, 1.807) is 0 Å². The predicted octanol–water partition coefficient (Wildman–Crippen LogP) is 2.46. The Kier molecular flexibility index (Phi) is 3.46. The summed E-state index contributed by atoms with van der Waals surface area (Å²) >= 11 is 0. The van der Waals surface area contributed by atoms with Crippen molar-refractivity contribution in [3.63, 3.8) is 0 Å². The molecule has 3 heterocycles. The smallest absolute Gasteiger partial charge is 0.356 e. The summed E-state index contributed by atoms with van der Waals surface area (Å²) < 4.78 is 39.9. The van der Waals surface area contributed by atoms with Crippen molar-refractivity contribution in [3.8, 4) is 0 Å². The number of anilines is 2. The first-order chi connectivity index (χ1) is 9.97. The Labute approximate surface area is 119 Å². The molecule has 0 radical (unpaired) electrons. The first-order valence-electron chi connectivity index (χ1n) is 6.93. The van der Waals surface area contributed by atoms with Gasteiger partial charge in [-0.2, -0.15) is 13.2 Å². The number of amides is 1. The van der Waals surface area contributed by atoms with Gasteiger partial charge in [-0.25, -0.2) is 9.97 Å². The van der Waals surface area contributed by atoms with Gasteiger partial charge in [0, 0.05) is 19.5 Å². The summed E-state index contributed by atoms with van der Waals surface area (Å²) in [5.41, 5.74) is 0.00602. The lowest BCUT2D eigenvalue weighted by Gasteiger charge is -2.34. The lowest BCUT2D eigenvalue weighted by atomic mass is 9.91. The number of carbonyl (C=O) groups excluding carboxylic acids is 1. The molecule has 1 atom stereocenters. The van der Waals surface area contributed by atoms with E-state index in [-0.39, 0.29) is 11.4 Å². The van der Waals surface area contributed by atoms with Crippen molar-refractivity contribution in [2.75, 3.05) is 23.3 Å². The van der Waals surface area contributed by atoms with E-state index in [1.165, 1.54) is 6.33 Å². The maximum absolute atomic E-state index is 13.3. The molecule has 2 aliphatic rings. The third-order valence-electron chi connectivity index (χ3n) is 3.91. The van der Waals surface area contributed by atoms with Crippen LogP contribution in [0.25, 0.3) is 0 Å². The number of halogens is 3. The van der Waals surface area contributed by atoms with Gasteiger partial charge in [-0.3, -0.25) is 4.79 Å². The first kappa shape index (κ1) is 14.1. The monoisotopic (exact) mass is 300 g/mol. The molecule has 1 unspecified atom stereocenters. The second kappa shape index (κ2) is 5.16. The highest BCUT2D eigenvalue weighted by Gasteiger charge is 2.47. The topological polar surface area (TPSA) is 58.1 Å². The number of nitrogens with zero attached hydrogens (tertiary/aromatic N) is 3. The highest BCUT2D eigenvalue weighted by atomic mass is 19.4. The molecule has 0 saturated carbocycles. The largest absolute Gasteiger partial charge is 0.396 e. The maximum Gasteiger partial charge on any atom is 0.396 e. The second-order valence-electron chi connectivity index (χ2n) is 5.35. The molecule has 114 valence electrons. The summed E-state index contributed by atoms with van der Waals surface area (Å²) in [6.45, 7) is 1.37. The number of piperidine rings is 1. The predicted molar refractivity (Wildman–Crippen MR) is 70.1 cm³/mol. The number of alkyl halides is 3. The van der Waals surface area contributed by atoms with Crippen LogP contribution in [-0.4, -0.2) is 35.1 Å². The molecule has 21 heavy (non-hydrogen) atoms. The van der Waals surface area contributed by atoms with Crippen LogP contribution >= 0.6 is 0 Å². The van der Waals surface area contributed by atoms with E-state index in [2.05, 4.69) is 15.3 Å². The molecular formula is C13H15F3N4O. The minimum Gasteiger partial charge on any atom is -0.356 e. The molecule has 8 heteroatoms. The normalized spacial score (nSPS) is 22.7. The van der Waals surface area contributed by atoms with E-state index in [9.17, 15) is 18.0 Å². The highest BCUT2D eigenvalue weighted by molar-refractivity contribution is 5.94. The van der Waals surface area contributed by atoms with Gasteiger partial charge in [0.1, 0.15) is 18.0 Å². The minimum atomic E-state index is -4.48. The molecule has 5 nitrogen and oxygen atoms in total. The van der Waals surface area contributed by atoms with Gasteiger partial charge in [-0.15, -0.1) is 0 Å².